The lowest BCUT2D eigenvalue weighted by Crippen LogP contribution is -2.44. The number of nitrogens with one attached hydrogen (secondary N) is 5. The number of rotatable bonds is 12. The monoisotopic (exact) mass is 2000 g/mol. The van der Waals surface area contributed by atoms with Gasteiger partial charge in [0.1, 0.15) is 11.4 Å². The van der Waals surface area contributed by atoms with Crippen LogP contribution in [-0.4, -0.2) is 240 Å². The zero-order valence-electron chi connectivity index (χ0n) is 97.9. The summed E-state index contributed by atoms with van der Waals surface area (Å²) in [4.78, 5) is 93.6. The van der Waals surface area contributed by atoms with Gasteiger partial charge in [0.2, 0.25) is 17.7 Å². The standard InChI is InChI=1S/C13H26N2O.C13H25NO2.C12H21N3O2S.C12H24N2O.C10H19NO.C8H17N.3C8H11N.C7H14N2O.C7H13NO.C5H12.C4H10/c1-13(2,3)11-6-9-15(10-11)12(16)7-8-14(4)5;1-12(2,3)10-7-8-14(9-10)11(15)16-13(4,5)6;1-12(2,3)10-5-6-15(7-10)18(16,17)11-8-14(4)9-13-11;1-9(2)13-11(15)14-7-6-10(8-14)12(3,4)5;1-8(12)11-6-5-9(7-11)10(2,3)4;1-8(2,3)7-4-5-9-6-7;1-7(2)8-3-5-9-6-4-8;1-7(2)8-4-3-5-9-6-8;1-7(2)8-5-3-4-6-9-8;1-6(10)9-7-3-2-4-8-5-7;1-6(9)4-7-2-3-8-5-7;1-5(2,3)4;1-4(2)3/h11H,6-10H2,1-5H3;10H,7-9H2,1-6H3;8-10H,5-7H2,1-4H3;9-10H,6-8H2,1-5H3,(H,13,15);9H,5-7H2,1-4H3;7,9H,4-6H2,1-3H3;3*3-7H,1-2H3;7-8H,2-5H2,1H3,(H,9,10);7-8H,2-5H2,1H3;1-4H3;4H,1-3H3. The quantitative estimate of drug-likeness (QED) is 0.0881. The molecule has 4 aromatic rings. The van der Waals surface area contributed by atoms with Gasteiger partial charge in [-0.2, -0.15) is 4.31 Å². The largest absolute Gasteiger partial charge is 0.444 e. The van der Waals surface area contributed by atoms with Crippen molar-refractivity contribution in [1.29, 1.82) is 0 Å². The van der Waals surface area contributed by atoms with Gasteiger partial charge in [0, 0.05) is 167 Å². The number of aryl methyl sites for hydroxylation is 1. The highest BCUT2D eigenvalue weighted by Gasteiger charge is 2.41. The van der Waals surface area contributed by atoms with Crippen LogP contribution in [0.4, 0.5) is 9.59 Å². The first kappa shape index (κ1) is 134. The molecule has 25 nitrogen and oxygen atoms in total. The Morgan fingerprint density at radius 2 is 0.936 bits per heavy atom. The van der Waals surface area contributed by atoms with Crippen LogP contribution in [0.5, 0.6) is 0 Å². The smallest absolute Gasteiger partial charge is 0.410 e. The summed E-state index contributed by atoms with van der Waals surface area (Å²) in [7, 11) is 2.38. The number of urea groups is 1. The number of ether oxygens (including phenoxy) is 1. The second-order valence-electron chi connectivity index (χ2n) is 51.4. The Morgan fingerprint density at radius 1 is 0.482 bits per heavy atom. The van der Waals surface area contributed by atoms with E-state index in [1.54, 1.807) is 49.1 Å². The number of ketones is 1. The number of amides is 6. The normalized spacial score (nSPS) is 20.4. The fraction of sp³-hybridized carbons (Fsp3) is 0.791. The number of imidazole rings is 1. The average Bonchev–Trinajstić information content (AvgIpc) is 1.64. The van der Waals surface area contributed by atoms with Crippen LogP contribution in [0.25, 0.3) is 0 Å². The molecule has 5 N–H and O–H groups in total. The minimum atomic E-state index is -3.41. The number of hydrogen-bond acceptors (Lipinski definition) is 17. The molecule has 0 aromatic carbocycles. The van der Waals surface area contributed by atoms with E-state index in [1.807, 2.05) is 129 Å². The Bertz CT molecular complexity index is 4030. The molecule has 6 amide bonds. The molecule has 8 saturated heterocycles. The molecule has 12 rings (SSSR count). The van der Waals surface area contributed by atoms with Crippen LogP contribution in [0, 0.1) is 85.2 Å². The van der Waals surface area contributed by atoms with E-state index in [1.165, 1.54) is 56.2 Å². The molecule has 0 spiro atoms. The van der Waals surface area contributed by atoms with E-state index in [-0.39, 0.29) is 45.8 Å². The Morgan fingerprint density at radius 3 is 1.27 bits per heavy atom. The van der Waals surface area contributed by atoms with Gasteiger partial charge in [-0.05, 0) is 291 Å². The molecule has 8 aliphatic heterocycles. The van der Waals surface area contributed by atoms with E-state index in [2.05, 4.69) is 272 Å². The van der Waals surface area contributed by atoms with Gasteiger partial charge in [-0.3, -0.25) is 29.3 Å². The van der Waals surface area contributed by atoms with Crippen molar-refractivity contribution in [1.82, 2.24) is 79.9 Å². The number of carbonyl (C=O) groups excluding carboxylic acids is 6. The van der Waals surface area contributed by atoms with Crippen molar-refractivity contribution in [3.05, 3.63) is 103 Å². The van der Waals surface area contributed by atoms with E-state index in [9.17, 15) is 37.2 Å². The Hall–Kier alpha value is -6.97. The lowest BCUT2D eigenvalue weighted by atomic mass is 9.80. The highest BCUT2D eigenvalue weighted by Crippen LogP contribution is 2.39. The van der Waals surface area contributed by atoms with Crippen LogP contribution in [0.3, 0.4) is 0 Å². The number of piperidine rings is 1. The highest BCUT2D eigenvalue weighted by atomic mass is 32.2. The van der Waals surface area contributed by atoms with Gasteiger partial charge in [-0.1, -0.05) is 227 Å². The van der Waals surface area contributed by atoms with Crippen molar-refractivity contribution in [2.45, 2.75) is 381 Å². The average molecular weight is 2000 g/mol. The molecule has 8 unspecified atom stereocenters. The number of nitrogens with zero attached hydrogens (tertiary/aromatic N) is 11. The highest BCUT2D eigenvalue weighted by molar-refractivity contribution is 7.89. The number of aromatic nitrogens is 5. The summed E-state index contributed by atoms with van der Waals surface area (Å²) in [6, 6.07) is 14.8. The summed E-state index contributed by atoms with van der Waals surface area (Å²) in [5.41, 5.74) is 5.86. The van der Waals surface area contributed by atoms with Crippen LogP contribution in [0.1, 0.15) is 375 Å². The Kier molecular flexibility index (Phi) is 61.7. The van der Waals surface area contributed by atoms with Gasteiger partial charge in [0.25, 0.3) is 10.0 Å². The van der Waals surface area contributed by atoms with Gasteiger partial charge < -0.3 is 65.2 Å². The molecule has 0 bridgehead atoms. The van der Waals surface area contributed by atoms with Gasteiger partial charge in [-0.15, -0.1) is 0 Å². The fourth-order valence-electron chi connectivity index (χ4n) is 16.3. The van der Waals surface area contributed by atoms with Gasteiger partial charge in [-0.25, -0.2) is 23.0 Å². The predicted octanol–water partition coefficient (Wildman–Crippen LogP) is 23.4. The van der Waals surface area contributed by atoms with Gasteiger partial charge in [0.05, 0.1) is 6.33 Å². The first-order chi connectivity index (χ1) is 64.6. The maximum atomic E-state index is 12.4. The zero-order chi connectivity index (χ0) is 109. The second-order valence-corrected chi connectivity index (χ2v) is 53.3. The molecule has 8 atom stereocenters. The SMILES string of the molecule is CC(=O)CC1CCNC1.CC(=O)N1CCC(C(C)(C)C)C1.CC(=O)NC1CCCNC1.CC(C)(C)C.CC(C)(C)C1CCNC1.CC(C)(C)OC(=O)N1CCC(C(C)(C)C)C1.CC(C)C.CC(C)NC(=O)N1CCC(C(C)(C)C)C1.CC(C)c1ccccn1.CC(C)c1cccnc1.CC(C)c1ccncc1.CN(C)CCC(=O)N1CCC(C(C)(C)C)C1.Cn1cnc(S(=O)(=O)N2CCC(C(C)(C)C)C2)c1. The van der Waals surface area contributed by atoms with Gasteiger partial charge in [0.15, 0.2) is 5.03 Å². The molecule has 12 heterocycles. The minimum absolute atomic E-state index is 0.0775. The third kappa shape index (κ3) is 62.6. The van der Waals surface area contributed by atoms with Crippen molar-refractivity contribution >= 4 is 45.7 Å². The molecular weight excluding hydrogens is 1780 g/mol. The number of hydrogen-bond donors (Lipinski definition) is 5. The van der Waals surface area contributed by atoms with Crippen LogP contribution < -0.4 is 26.6 Å². The Balaban J connectivity index is 0.00000153. The second kappa shape index (κ2) is 64.9. The van der Waals surface area contributed by atoms with E-state index in [4.69, 9.17) is 4.74 Å². The molecule has 8 fully saturated rings. The van der Waals surface area contributed by atoms with Crippen molar-refractivity contribution < 1.29 is 41.9 Å². The summed E-state index contributed by atoms with van der Waals surface area (Å²) in [5.74, 6) is 8.04. The molecule has 0 aliphatic carbocycles. The number of likely N-dealkylation sites (tertiary alicyclic amines) is 4. The maximum Gasteiger partial charge on any atom is 0.410 e. The Labute approximate surface area is 863 Å². The van der Waals surface area contributed by atoms with Crippen LogP contribution in [-0.2, 0) is 41.0 Å². The molecule has 8 aliphatic rings. The van der Waals surface area contributed by atoms with E-state index >= 15 is 0 Å². The summed E-state index contributed by atoms with van der Waals surface area (Å²) in [5, 5.41) is 15.8. The van der Waals surface area contributed by atoms with E-state index in [0.717, 1.165) is 141 Å². The van der Waals surface area contributed by atoms with Crippen molar-refractivity contribution in [2.24, 2.45) is 92.3 Å². The molecule has 141 heavy (non-hydrogen) atoms. The molecule has 0 saturated carbocycles. The summed E-state index contributed by atoms with van der Waals surface area (Å²) in [6.07, 6.45) is 23.8. The maximum absolute atomic E-state index is 12.4. The number of sulfonamides is 1. The first-order valence-corrected chi connectivity index (χ1v) is 54.9. The summed E-state index contributed by atoms with van der Waals surface area (Å²) in [6.45, 7) is 99.2. The summed E-state index contributed by atoms with van der Waals surface area (Å²) < 4.78 is 33.3. The number of Topliss-reactive ketones (excluding diaryl/α,β-unsaturated/α-hetero) is 1. The number of carbonyl (C=O) groups is 6. The third-order valence-electron chi connectivity index (χ3n) is 26.0. The van der Waals surface area contributed by atoms with E-state index < -0.39 is 15.6 Å². The summed E-state index contributed by atoms with van der Waals surface area (Å²) >= 11 is 0. The predicted molar refractivity (Wildman–Crippen MR) is 592 cm³/mol. The fourth-order valence-corrected chi connectivity index (χ4v) is 17.8. The van der Waals surface area contributed by atoms with Crippen molar-refractivity contribution in [3.8, 4) is 0 Å². The molecule has 814 valence electrons. The first-order valence-electron chi connectivity index (χ1n) is 53.4. The lowest BCUT2D eigenvalue weighted by molar-refractivity contribution is -0.130. The van der Waals surface area contributed by atoms with Crippen LogP contribution in [0.15, 0.2) is 91.0 Å². The third-order valence-corrected chi connectivity index (χ3v) is 27.7. The van der Waals surface area contributed by atoms with E-state index in [0.29, 0.717) is 118 Å². The zero-order valence-corrected chi connectivity index (χ0v) is 98.7. The topological polar surface area (TPSA) is 282 Å². The van der Waals surface area contributed by atoms with Crippen LogP contribution in [0.2, 0.25) is 0 Å². The molecule has 0 radical (unpaired) electrons. The molecule has 26 heteroatoms. The minimum Gasteiger partial charge on any atom is -0.444 e. The number of pyridine rings is 3. The lowest BCUT2D eigenvalue weighted by Gasteiger charge is -2.28. The van der Waals surface area contributed by atoms with Crippen molar-refractivity contribution in [3.63, 3.8) is 0 Å². The molecule has 4 aromatic heterocycles. The van der Waals surface area contributed by atoms with Crippen LogP contribution >= 0.6 is 0 Å². The molecular formula is C115H214N16O9S. The van der Waals surface area contributed by atoms with Crippen molar-refractivity contribution in [2.75, 3.05) is 125 Å². The van der Waals surface area contributed by atoms with Gasteiger partial charge >= 0.3 is 12.1 Å².